The molecule has 4 aliphatic carbocycles. The van der Waals surface area contributed by atoms with Gasteiger partial charge in [0.05, 0.1) is 47.8 Å². The molecule has 2 aromatic carbocycles. The molecule has 18 heteroatoms. The van der Waals surface area contributed by atoms with Crippen LogP contribution in [0.25, 0.3) is 0 Å². The second-order valence-electron chi connectivity index (χ2n) is 18.2. The van der Waals surface area contributed by atoms with Crippen LogP contribution in [0.5, 0.6) is 0 Å². The molecular formula is C47H55NO17. The first-order valence-corrected chi connectivity index (χ1v) is 21.7. The van der Waals surface area contributed by atoms with Gasteiger partial charge in [0.15, 0.2) is 23.6 Å². The lowest BCUT2D eigenvalue weighted by molar-refractivity contribution is -0.346. The van der Waals surface area contributed by atoms with Gasteiger partial charge in [-0.1, -0.05) is 56.7 Å². The summed E-state index contributed by atoms with van der Waals surface area (Å²) in [6.07, 6.45) is -11.8. The van der Waals surface area contributed by atoms with Crippen LogP contribution < -0.4 is 5.32 Å². The number of aliphatic hydroxyl groups excluding tert-OH is 2. The molecule has 1 heterocycles. The second kappa shape index (κ2) is 17.9. The predicted octanol–water partition coefficient (Wildman–Crippen LogP) is 3.91. The van der Waals surface area contributed by atoms with Crippen molar-refractivity contribution in [3.8, 4) is 0 Å². The smallest absolute Gasteiger partial charge is 0.456 e. The summed E-state index contributed by atoms with van der Waals surface area (Å²) in [5.74, 6) is -7.02. The Bertz CT molecular complexity index is 2240. The number of ketones is 1. The van der Waals surface area contributed by atoms with Gasteiger partial charge in [-0.2, -0.15) is 0 Å². The topological polar surface area (TPSA) is 257 Å². The molecule has 1 unspecified atom stereocenters. The third-order valence-electron chi connectivity index (χ3n) is 14.4. The van der Waals surface area contributed by atoms with Gasteiger partial charge in [-0.25, -0.2) is 24.0 Å². The minimum Gasteiger partial charge on any atom is -0.456 e. The zero-order valence-electron chi connectivity index (χ0n) is 37.0. The van der Waals surface area contributed by atoms with Gasteiger partial charge >= 0.3 is 36.1 Å². The fourth-order valence-electron chi connectivity index (χ4n) is 10.6. The number of nitrogens with one attached hydrogen (secondary N) is 1. The zero-order valence-corrected chi connectivity index (χ0v) is 37.0. The van der Waals surface area contributed by atoms with Crippen molar-refractivity contribution in [1.29, 1.82) is 0 Å². The van der Waals surface area contributed by atoms with E-state index in [-0.39, 0.29) is 41.9 Å². The number of carbonyl (C=O) groups excluding carboxylic acids is 7. The van der Waals surface area contributed by atoms with E-state index in [0.29, 0.717) is 19.3 Å². The number of Topliss-reactive ketones (excluding diaryl/α,β-unsaturated/α-hetero) is 1. The largest absolute Gasteiger partial charge is 0.509 e. The molecule has 0 spiro atoms. The maximum atomic E-state index is 15.6. The zero-order chi connectivity index (χ0) is 47.2. The van der Waals surface area contributed by atoms with E-state index in [1.165, 1.54) is 58.9 Å². The van der Waals surface area contributed by atoms with Gasteiger partial charge in [0.25, 0.3) is 0 Å². The molecule has 4 fully saturated rings. The van der Waals surface area contributed by atoms with Crippen molar-refractivity contribution in [3.63, 3.8) is 0 Å². The molecule has 350 valence electrons. The molecule has 4 N–H and O–H groups in total. The molecule has 1 saturated heterocycles. The van der Waals surface area contributed by atoms with Crippen LogP contribution in [-0.2, 0) is 47.5 Å². The predicted molar refractivity (Wildman–Crippen MR) is 222 cm³/mol. The number of benzene rings is 2. The van der Waals surface area contributed by atoms with Crippen LogP contribution in [0.15, 0.2) is 71.8 Å². The first kappa shape index (κ1) is 47.3. The Labute approximate surface area is 374 Å². The number of rotatable bonds is 11. The average molecular weight is 906 g/mol. The van der Waals surface area contributed by atoms with Crippen molar-refractivity contribution in [2.24, 2.45) is 22.7 Å². The third-order valence-corrected chi connectivity index (χ3v) is 14.4. The van der Waals surface area contributed by atoms with E-state index in [9.17, 15) is 44.1 Å². The fourth-order valence-corrected chi connectivity index (χ4v) is 10.6. The van der Waals surface area contributed by atoms with E-state index in [1.807, 2.05) is 0 Å². The number of alkyl carbamates (subject to hydrolysis) is 1. The van der Waals surface area contributed by atoms with Crippen LogP contribution in [0.4, 0.5) is 9.59 Å². The van der Waals surface area contributed by atoms with Crippen LogP contribution in [0, 0.1) is 22.7 Å². The van der Waals surface area contributed by atoms with Gasteiger partial charge < -0.3 is 53.8 Å². The van der Waals surface area contributed by atoms with Gasteiger partial charge in [-0.3, -0.25) is 9.59 Å². The number of ether oxygens (including phenoxy) is 7. The number of hydrogen-bond donors (Lipinski definition) is 4. The highest BCUT2D eigenvalue weighted by molar-refractivity contribution is 5.97. The molecule has 1 amide bonds. The van der Waals surface area contributed by atoms with Crippen molar-refractivity contribution >= 4 is 41.9 Å². The molecule has 7 rings (SSSR count). The average Bonchev–Trinajstić information content (AvgIpc) is 3.24. The minimum atomic E-state index is -2.46. The highest BCUT2D eigenvalue weighted by atomic mass is 16.7. The molecule has 2 bridgehead atoms. The Morgan fingerprint density at radius 3 is 2.06 bits per heavy atom. The van der Waals surface area contributed by atoms with Gasteiger partial charge in [0.1, 0.15) is 23.9 Å². The maximum absolute atomic E-state index is 15.6. The number of esters is 4. The van der Waals surface area contributed by atoms with E-state index < -0.39 is 125 Å². The molecule has 0 aromatic heterocycles. The Hall–Kier alpha value is -5.69. The Kier molecular flexibility index (Phi) is 13.1. The molecule has 5 aliphatic rings. The normalized spacial score (nSPS) is 32.2. The maximum Gasteiger partial charge on any atom is 0.509 e. The summed E-state index contributed by atoms with van der Waals surface area (Å²) >= 11 is 0. The van der Waals surface area contributed by atoms with Gasteiger partial charge in [0, 0.05) is 25.2 Å². The van der Waals surface area contributed by atoms with E-state index in [2.05, 4.69) is 5.32 Å². The molecule has 65 heavy (non-hydrogen) atoms. The molecule has 1 aliphatic heterocycles. The van der Waals surface area contributed by atoms with Crippen molar-refractivity contribution in [2.45, 2.75) is 128 Å². The first-order chi connectivity index (χ1) is 30.7. The fraction of sp³-hybridized carbons (Fsp3) is 0.553. The SMILES string of the molecule is CCOC(=O)O[C@H]1C(=O)[C@@]2(C)C([C@H](OC(=O)c3ccccc3)[C@]3(O)C[C@H](OC(=O)[C@H](O)[C@@H](NC(=O)OC(=O)c4ccccc4)C4CCC4)C(C)=C1C3(C)C)[C@]1(OC(C)=O)CO[C@@H]1C[C@@H]2O. The van der Waals surface area contributed by atoms with E-state index in [0.717, 1.165) is 6.92 Å². The van der Waals surface area contributed by atoms with E-state index in [1.54, 1.807) is 36.4 Å². The summed E-state index contributed by atoms with van der Waals surface area (Å²) in [7, 11) is 0. The molecule has 11 atom stereocenters. The molecule has 2 aromatic rings. The third kappa shape index (κ3) is 8.18. The highest BCUT2D eigenvalue weighted by Crippen LogP contribution is 2.64. The van der Waals surface area contributed by atoms with E-state index >= 15 is 4.79 Å². The molecule has 18 nitrogen and oxygen atoms in total. The van der Waals surface area contributed by atoms with Crippen LogP contribution >= 0.6 is 0 Å². The quantitative estimate of drug-likeness (QED) is 0.108. The summed E-state index contributed by atoms with van der Waals surface area (Å²) in [5.41, 5.74) is -8.01. The monoisotopic (exact) mass is 905 g/mol. The highest BCUT2D eigenvalue weighted by Gasteiger charge is 2.78. The van der Waals surface area contributed by atoms with Crippen LogP contribution in [0.2, 0.25) is 0 Å². The summed E-state index contributed by atoms with van der Waals surface area (Å²) in [6.45, 7) is 8.00. The Morgan fingerprint density at radius 2 is 1.52 bits per heavy atom. The van der Waals surface area contributed by atoms with Gasteiger partial charge in [-0.05, 0) is 74.9 Å². The molecular weight excluding hydrogens is 851 g/mol. The number of carbonyl (C=O) groups is 7. The lowest BCUT2D eigenvalue weighted by Crippen LogP contribution is -2.82. The summed E-state index contributed by atoms with van der Waals surface area (Å²) in [5, 5.41) is 39.9. The summed E-state index contributed by atoms with van der Waals surface area (Å²) in [6, 6.07) is 14.1. The number of amides is 1. The van der Waals surface area contributed by atoms with E-state index in [4.69, 9.17) is 33.2 Å². The molecule has 3 saturated carbocycles. The van der Waals surface area contributed by atoms with Gasteiger partial charge in [0.2, 0.25) is 0 Å². The summed E-state index contributed by atoms with van der Waals surface area (Å²) in [4.78, 5) is 96.3. The van der Waals surface area contributed by atoms with Crippen LogP contribution in [0.3, 0.4) is 0 Å². The Balaban J connectivity index is 1.34. The summed E-state index contributed by atoms with van der Waals surface area (Å²) < 4.78 is 40.3. The molecule has 0 radical (unpaired) electrons. The second-order valence-corrected chi connectivity index (χ2v) is 18.2. The van der Waals surface area contributed by atoms with Crippen LogP contribution in [-0.4, -0.2) is 124 Å². The van der Waals surface area contributed by atoms with Crippen molar-refractivity contribution in [1.82, 2.24) is 5.32 Å². The number of aliphatic hydroxyl groups is 3. The number of hydrogen-bond acceptors (Lipinski definition) is 17. The van der Waals surface area contributed by atoms with Crippen molar-refractivity contribution in [2.75, 3.05) is 13.2 Å². The standard InChI is InChI=1S/C47H55NO17/c1-7-59-43(57)62-35-32-24(2)29(61-41(55)34(51)33(26-19-14-20-26)48-42(56)64-40(54)28-17-12-9-13-18-28)22-47(58,44(32,4)5)38(63-39(53)27-15-10-8-11-16-27)36-45(6,37(35)52)30(50)21-31-46(36,23-60-31)65-25(3)49/h8-13,15-18,26,29-31,33-36,38,50-51,58H,7,14,19-23H2,1-6H3,(H,48,56)/t29-,30-,31+,33-,34+,35+,36?,38-,45+,46-,47+/m0/s1. The minimum absolute atomic E-state index is 0.0409. The number of fused-ring (bicyclic) bond motifs is 5. The lowest BCUT2D eigenvalue weighted by Gasteiger charge is -2.67. The van der Waals surface area contributed by atoms with Crippen molar-refractivity contribution < 1.29 is 82.0 Å². The lowest BCUT2D eigenvalue weighted by atomic mass is 9.44. The first-order valence-electron chi connectivity index (χ1n) is 21.7. The Morgan fingerprint density at radius 1 is 0.908 bits per heavy atom. The van der Waals surface area contributed by atoms with Gasteiger partial charge in [-0.15, -0.1) is 0 Å². The van der Waals surface area contributed by atoms with Crippen LogP contribution in [0.1, 0.15) is 94.4 Å². The van der Waals surface area contributed by atoms with Crippen molar-refractivity contribution in [3.05, 3.63) is 82.9 Å².